The van der Waals surface area contributed by atoms with Crippen LogP contribution in [0.5, 0.6) is 5.75 Å². The number of aromatic nitrogens is 2. The number of hydrogen-bond donors (Lipinski definition) is 0. The number of methoxy groups -OCH3 is 1. The van der Waals surface area contributed by atoms with Gasteiger partial charge in [0.25, 0.3) is 0 Å². The zero-order valence-corrected chi connectivity index (χ0v) is 14.8. The third-order valence-electron chi connectivity index (χ3n) is 4.56. The molecule has 0 aliphatic heterocycles. The second kappa shape index (κ2) is 6.86. The molecule has 0 spiro atoms. The zero-order chi connectivity index (χ0) is 17.1. The average molecular weight is 315 g/mol. The molecule has 1 atom stereocenters. The van der Waals surface area contributed by atoms with Crippen LogP contribution in [-0.4, -0.2) is 34.7 Å². The number of aryl methyl sites for hydroxylation is 2. The maximum atomic E-state index is 12.6. The molecule has 0 saturated carbocycles. The molecule has 1 aromatic carbocycles. The molecule has 0 aliphatic rings. The van der Waals surface area contributed by atoms with Gasteiger partial charge in [0, 0.05) is 25.4 Å². The van der Waals surface area contributed by atoms with Crippen molar-refractivity contribution in [3.63, 3.8) is 0 Å². The van der Waals surface area contributed by atoms with Gasteiger partial charge in [0.1, 0.15) is 5.75 Å². The molecule has 1 amide bonds. The second-order valence-corrected chi connectivity index (χ2v) is 5.90. The monoisotopic (exact) mass is 315 g/mol. The minimum absolute atomic E-state index is 0.00527. The number of benzene rings is 1. The maximum absolute atomic E-state index is 12.6. The highest BCUT2D eigenvalue weighted by Gasteiger charge is 2.20. The first-order valence-electron chi connectivity index (χ1n) is 7.73. The number of rotatable bonds is 5. The van der Waals surface area contributed by atoms with Crippen LogP contribution in [0.3, 0.4) is 0 Å². The summed E-state index contributed by atoms with van der Waals surface area (Å²) in [7, 11) is 5.39. The molecule has 0 radical (unpaired) electrons. The van der Waals surface area contributed by atoms with Gasteiger partial charge in [0.05, 0.1) is 25.3 Å². The minimum Gasteiger partial charge on any atom is -0.497 e. The van der Waals surface area contributed by atoms with Crippen LogP contribution >= 0.6 is 0 Å². The highest BCUT2D eigenvalue weighted by Crippen LogP contribution is 2.23. The number of amides is 1. The van der Waals surface area contributed by atoms with E-state index >= 15 is 0 Å². The number of hydrogen-bond acceptors (Lipinski definition) is 3. The van der Waals surface area contributed by atoms with E-state index in [9.17, 15) is 4.79 Å². The van der Waals surface area contributed by atoms with Crippen molar-refractivity contribution >= 4 is 5.91 Å². The zero-order valence-electron chi connectivity index (χ0n) is 14.8. The molecule has 1 aromatic heterocycles. The summed E-state index contributed by atoms with van der Waals surface area (Å²) < 4.78 is 7.00. The fourth-order valence-electron chi connectivity index (χ4n) is 2.67. The molecule has 5 heteroatoms. The van der Waals surface area contributed by atoms with Crippen molar-refractivity contribution in [1.29, 1.82) is 0 Å². The SMILES string of the molecule is COc1ccc(C(C)N(C)C(=O)Cc2c(C)nn(C)c2C)cc1. The van der Waals surface area contributed by atoms with Gasteiger partial charge in [-0.2, -0.15) is 5.10 Å². The van der Waals surface area contributed by atoms with Gasteiger partial charge in [0.2, 0.25) is 5.91 Å². The number of carbonyl (C=O) groups is 1. The van der Waals surface area contributed by atoms with Crippen molar-refractivity contribution in [3.05, 3.63) is 46.8 Å². The van der Waals surface area contributed by atoms with Crippen LogP contribution in [0, 0.1) is 13.8 Å². The maximum Gasteiger partial charge on any atom is 0.227 e. The predicted octanol–water partition coefficient (Wildman–Crippen LogP) is 2.81. The molecular formula is C18H25N3O2. The first kappa shape index (κ1) is 17.1. The fraction of sp³-hybridized carbons (Fsp3) is 0.444. The lowest BCUT2D eigenvalue weighted by Gasteiger charge is -2.25. The van der Waals surface area contributed by atoms with Crippen LogP contribution in [0.25, 0.3) is 0 Å². The quantitative estimate of drug-likeness (QED) is 0.852. The van der Waals surface area contributed by atoms with Crippen molar-refractivity contribution < 1.29 is 9.53 Å². The van der Waals surface area contributed by atoms with E-state index < -0.39 is 0 Å². The van der Waals surface area contributed by atoms with Crippen molar-refractivity contribution in [2.24, 2.45) is 7.05 Å². The van der Waals surface area contributed by atoms with Gasteiger partial charge in [-0.05, 0) is 38.5 Å². The highest BCUT2D eigenvalue weighted by atomic mass is 16.5. The van der Waals surface area contributed by atoms with Crippen molar-refractivity contribution in [2.75, 3.05) is 14.2 Å². The Hall–Kier alpha value is -2.30. The summed E-state index contributed by atoms with van der Waals surface area (Å²) in [6, 6.07) is 7.83. The number of nitrogens with zero attached hydrogens (tertiary/aromatic N) is 3. The predicted molar refractivity (Wildman–Crippen MR) is 90.6 cm³/mol. The first-order valence-corrected chi connectivity index (χ1v) is 7.73. The minimum atomic E-state index is 0.00527. The van der Waals surface area contributed by atoms with Crippen LogP contribution < -0.4 is 4.74 Å². The van der Waals surface area contributed by atoms with E-state index in [-0.39, 0.29) is 11.9 Å². The van der Waals surface area contributed by atoms with Crippen LogP contribution in [0.1, 0.15) is 35.5 Å². The number of carbonyl (C=O) groups excluding carboxylic acids is 1. The molecule has 0 saturated heterocycles. The Morgan fingerprint density at radius 3 is 2.39 bits per heavy atom. The molecule has 124 valence electrons. The Kier molecular flexibility index (Phi) is 5.08. The molecule has 5 nitrogen and oxygen atoms in total. The Balaban J connectivity index is 2.11. The van der Waals surface area contributed by atoms with Crippen LogP contribution in [0.2, 0.25) is 0 Å². The van der Waals surface area contributed by atoms with Gasteiger partial charge in [-0.25, -0.2) is 0 Å². The van der Waals surface area contributed by atoms with Gasteiger partial charge in [-0.1, -0.05) is 12.1 Å². The Morgan fingerprint density at radius 1 is 1.30 bits per heavy atom. The summed E-state index contributed by atoms with van der Waals surface area (Å²) >= 11 is 0. The normalized spacial score (nSPS) is 12.1. The van der Waals surface area contributed by atoms with E-state index in [1.807, 2.05) is 63.8 Å². The smallest absolute Gasteiger partial charge is 0.227 e. The summed E-state index contributed by atoms with van der Waals surface area (Å²) in [5, 5.41) is 4.38. The average Bonchev–Trinajstić information content (AvgIpc) is 2.79. The van der Waals surface area contributed by atoms with E-state index in [1.54, 1.807) is 12.0 Å². The van der Waals surface area contributed by atoms with E-state index in [0.717, 1.165) is 28.3 Å². The van der Waals surface area contributed by atoms with Gasteiger partial charge < -0.3 is 9.64 Å². The topological polar surface area (TPSA) is 47.4 Å². The lowest BCUT2D eigenvalue weighted by molar-refractivity contribution is -0.131. The Labute approximate surface area is 137 Å². The molecule has 0 fully saturated rings. The molecule has 0 bridgehead atoms. The van der Waals surface area contributed by atoms with Gasteiger partial charge in [-0.3, -0.25) is 9.48 Å². The molecule has 1 heterocycles. The third kappa shape index (κ3) is 3.55. The van der Waals surface area contributed by atoms with Crippen molar-refractivity contribution in [1.82, 2.24) is 14.7 Å². The van der Waals surface area contributed by atoms with E-state index in [1.165, 1.54) is 0 Å². The molecule has 23 heavy (non-hydrogen) atoms. The largest absolute Gasteiger partial charge is 0.497 e. The summed E-state index contributed by atoms with van der Waals surface area (Å²) in [6.45, 7) is 5.97. The van der Waals surface area contributed by atoms with Crippen molar-refractivity contribution in [3.8, 4) is 5.75 Å². The Morgan fingerprint density at radius 2 is 1.91 bits per heavy atom. The molecule has 2 rings (SSSR count). The first-order chi connectivity index (χ1) is 10.8. The summed E-state index contributed by atoms with van der Waals surface area (Å²) in [4.78, 5) is 14.4. The van der Waals surface area contributed by atoms with Crippen LogP contribution in [-0.2, 0) is 18.3 Å². The highest BCUT2D eigenvalue weighted by molar-refractivity contribution is 5.79. The number of ether oxygens (including phenoxy) is 1. The van der Waals surface area contributed by atoms with Crippen LogP contribution in [0.15, 0.2) is 24.3 Å². The molecule has 0 aliphatic carbocycles. The van der Waals surface area contributed by atoms with Crippen molar-refractivity contribution in [2.45, 2.75) is 33.2 Å². The molecular weight excluding hydrogens is 290 g/mol. The number of likely N-dealkylation sites (N-methyl/N-ethyl adjacent to an activating group) is 1. The van der Waals surface area contributed by atoms with E-state index in [0.29, 0.717) is 6.42 Å². The van der Waals surface area contributed by atoms with Gasteiger partial charge in [0.15, 0.2) is 0 Å². The lowest BCUT2D eigenvalue weighted by Crippen LogP contribution is -2.31. The fourth-order valence-corrected chi connectivity index (χ4v) is 2.67. The molecule has 1 unspecified atom stereocenters. The second-order valence-electron chi connectivity index (χ2n) is 5.90. The summed E-state index contributed by atoms with van der Waals surface area (Å²) in [6.07, 6.45) is 0.377. The van der Waals surface area contributed by atoms with Crippen LogP contribution in [0.4, 0.5) is 0 Å². The third-order valence-corrected chi connectivity index (χ3v) is 4.56. The Bertz CT molecular complexity index is 689. The van der Waals surface area contributed by atoms with E-state index in [4.69, 9.17) is 4.74 Å². The summed E-state index contributed by atoms with van der Waals surface area (Å²) in [5.41, 5.74) is 4.07. The molecule has 2 aromatic rings. The van der Waals surface area contributed by atoms with Gasteiger partial charge in [-0.15, -0.1) is 0 Å². The summed E-state index contributed by atoms with van der Waals surface area (Å²) in [5.74, 6) is 0.907. The van der Waals surface area contributed by atoms with E-state index in [2.05, 4.69) is 5.10 Å². The lowest BCUT2D eigenvalue weighted by atomic mass is 10.1. The van der Waals surface area contributed by atoms with Gasteiger partial charge >= 0.3 is 0 Å². The standard InChI is InChI=1S/C18H25N3O2/c1-12-17(14(3)21(5)19-12)11-18(22)20(4)13(2)15-7-9-16(23-6)10-8-15/h7-10,13H,11H2,1-6H3. The molecule has 0 N–H and O–H groups in total.